The number of ether oxygens (including phenoxy) is 1. The first-order chi connectivity index (χ1) is 9.52. The van der Waals surface area contributed by atoms with Gasteiger partial charge in [-0.1, -0.05) is 31.2 Å². The molecule has 0 saturated heterocycles. The highest BCUT2D eigenvalue weighted by Crippen LogP contribution is 2.37. The zero-order chi connectivity index (χ0) is 14.8. The molecule has 0 radical (unpaired) electrons. The van der Waals surface area contributed by atoms with Crippen LogP contribution in [0.4, 0.5) is 4.39 Å². The Labute approximate surface area is 118 Å². The fourth-order valence-electron chi connectivity index (χ4n) is 2.55. The van der Waals surface area contributed by atoms with Gasteiger partial charge in [-0.25, -0.2) is 4.39 Å². The van der Waals surface area contributed by atoms with E-state index in [2.05, 4.69) is 0 Å². The molecule has 0 aliphatic carbocycles. The highest BCUT2D eigenvalue weighted by atomic mass is 19.1. The molecule has 0 heterocycles. The molecular weight excluding hydrogens is 255 g/mol. The van der Waals surface area contributed by atoms with E-state index in [0.29, 0.717) is 17.5 Å². The van der Waals surface area contributed by atoms with Gasteiger partial charge in [0.1, 0.15) is 17.2 Å². The summed E-state index contributed by atoms with van der Waals surface area (Å²) in [7, 11) is 1.59. The van der Waals surface area contributed by atoms with Gasteiger partial charge in [0.2, 0.25) is 0 Å². The summed E-state index contributed by atoms with van der Waals surface area (Å²) >= 11 is 0. The van der Waals surface area contributed by atoms with E-state index < -0.39 is 11.4 Å². The molecule has 0 amide bonds. The highest BCUT2D eigenvalue weighted by Gasteiger charge is 2.33. The van der Waals surface area contributed by atoms with Gasteiger partial charge >= 0.3 is 0 Å². The zero-order valence-corrected chi connectivity index (χ0v) is 12.0. The molecule has 0 aliphatic heterocycles. The fourth-order valence-corrected chi connectivity index (χ4v) is 2.55. The van der Waals surface area contributed by atoms with Crippen molar-refractivity contribution in [1.29, 1.82) is 0 Å². The van der Waals surface area contributed by atoms with Gasteiger partial charge < -0.3 is 9.84 Å². The van der Waals surface area contributed by atoms with E-state index in [-0.39, 0.29) is 0 Å². The molecule has 2 aromatic rings. The summed E-state index contributed by atoms with van der Waals surface area (Å²) in [4.78, 5) is 0. The van der Waals surface area contributed by atoms with Crippen molar-refractivity contribution in [3.63, 3.8) is 0 Å². The summed E-state index contributed by atoms with van der Waals surface area (Å²) in [5.74, 6) is 0.324. The molecule has 0 saturated carbocycles. The Kier molecular flexibility index (Phi) is 4.09. The number of aliphatic hydroxyl groups is 1. The van der Waals surface area contributed by atoms with Gasteiger partial charge in [0.25, 0.3) is 0 Å². The first-order valence-corrected chi connectivity index (χ1v) is 6.65. The van der Waals surface area contributed by atoms with Crippen LogP contribution in [0.1, 0.15) is 30.0 Å². The Morgan fingerprint density at radius 1 is 1.15 bits per heavy atom. The van der Waals surface area contributed by atoms with Crippen LogP contribution in [0.2, 0.25) is 0 Å². The normalized spacial score (nSPS) is 13.8. The monoisotopic (exact) mass is 274 g/mol. The lowest BCUT2D eigenvalue weighted by Gasteiger charge is -2.30. The number of aryl methyl sites for hydroxylation is 1. The van der Waals surface area contributed by atoms with Crippen LogP contribution in [0.15, 0.2) is 42.5 Å². The first kappa shape index (κ1) is 14.5. The number of hydrogen-bond donors (Lipinski definition) is 1. The van der Waals surface area contributed by atoms with Crippen molar-refractivity contribution in [2.75, 3.05) is 7.11 Å². The Morgan fingerprint density at radius 2 is 1.85 bits per heavy atom. The van der Waals surface area contributed by atoms with E-state index in [9.17, 15) is 9.50 Å². The molecule has 0 fully saturated rings. The average molecular weight is 274 g/mol. The van der Waals surface area contributed by atoms with Gasteiger partial charge in [-0.15, -0.1) is 0 Å². The maximum absolute atomic E-state index is 14.1. The standard InChI is InChI=1S/C17H19FO2/c1-4-17(19,15-7-5-6-8-16(15)18)14-10-9-13(20-3)11-12(14)2/h5-11,19H,4H2,1-3H3. The van der Waals surface area contributed by atoms with E-state index in [1.54, 1.807) is 37.4 Å². The fraction of sp³-hybridized carbons (Fsp3) is 0.294. The summed E-state index contributed by atoms with van der Waals surface area (Å²) in [6.07, 6.45) is 0.390. The van der Waals surface area contributed by atoms with Crippen LogP contribution >= 0.6 is 0 Å². The Bertz CT molecular complexity index is 610. The second-order valence-corrected chi connectivity index (χ2v) is 4.87. The van der Waals surface area contributed by atoms with Crippen molar-refractivity contribution in [2.24, 2.45) is 0 Å². The molecule has 0 bridgehead atoms. The van der Waals surface area contributed by atoms with Crippen molar-refractivity contribution in [3.05, 3.63) is 65.0 Å². The van der Waals surface area contributed by atoms with E-state index in [0.717, 1.165) is 11.3 Å². The minimum atomic E-state index is -1.33. The lowest BCUT2D eigenvalue weighted by molar-refractivity contribution is 0.0719. The van der Waals surface area contributed by atoms with Gasteiger partial charge in [0.15, 0.2) is 0 Å². The molecule has 3 heteroatoms. The molecular formula is C17H19FO2. The summed E-state index contributed by atoms with van der Waals surface area (Å²) < 4.78 is 19.2. The van der Waals surface area contributed by atoms with Crippen LogP contribution in [0.25, 0.3) is 0 Å². The lowest BCUT2D eigenvalue weighted by atomic mass is 9.81. The summed E-state index contributed by atoms with van der Waals surface area (Å²) in [5, 5.41) is 11.0. The van der Waals surface area contributed by atoms with Gasteiger partial charge in [-0.3, -0.25) is 0 Å². The molecule has 0 aliphatic rings. The Balaban J connectivity index is 2.59. The second kappa shape index (κ2) is 5.63. The van der Waals surface area contributed by atoms with E-state index in [4.69, 9.17) is 4.74 Å². The molecule has 0 aromatic heterocycles. The summed E-state index contributed by atoms with van der Waals surface area (Å²) in [5.41, 5.74) is 0.542. The van der Waals surface area contributed by atoms with Crippen molar-refractivity contribution in [1.82, 2.24) is 0 Å². The third kappa shape index (κ3) is 2.41. The number of halogens is 1. The predicted molar refractivity (Wildman–Crippen MR) is 77.4 cm³/mol. The van der Waals surface area contributed by atoms with Crippen LogP contribution in [-0.2, 0) is 5.60 Å². The van der Waals surface area contributed by atoms with Crippen molar-refractivity contribution < 1.29 is 14.2 Å². The highest BCUT2D eigenvalue weighted by molar-refractivity contribution is 5.44. The smallest absolute Gasteiger partial charge is 0.129 e. The molecule has 20 heavy (non-hydrogen) atoms. The van der Waals surface area contributed by atoms with E-state index in [1.165, 1.54) is 6.07 Å². The van der Waals surface area contributed by atoms with Crippen LogP contribution < -0.4 is 4.74 Å². The van der Waals surface area contributed by atoms with Gasteiger partial charge in [-0.2, -0.15) is 0 Å². The second-order valence-electron chi connectivity index (χ2n) is 4.87. The maximum Gasteiger partial charge on any atom is 0.129 e. The quantitative estimate of drug-likeness (QED) is 0.919. The lowest BCUT2D eigenvalue weighted by Crippen LogP contribution is -2.28. The third-order valence-electron chi connectivity index (χ3n) is 3.71. The zero-order valence-electron chi connectivity index (χ0n) is 12.0. The number of benzene rings is 2. The van der Waals surface area contributed by atoms with Crippen molar-refractivity contribution >= 4 is 0 Å². The average Bonchev–Trinajstić information content (AvgIpc) is 2.46. The van der Waals surface area contributed by atoms with Crippen molar-refractivity contribution in [2.45, 2.75) is 25.9 Å². The molecule has 1 atom stereocenters. The van der Waals surface area contributed by atoms with Gasteiger partial charge in [0.05, 0.1) is 7.11 Å². The molecule has 2 nitrogen and oxygen atoms in total. The molecule has 106 valence electrons. The summed E-state index contributed by atoms with van der Waals surface area (Å²) in [6, 6.07) is 11.8. The Hall–Kier alpha value is -1.87. The SMILES string of the molecule is CCC(O)(c1ccc(OC)cc1C)c1ccccc1F. The first-order valence-electron chi connectivity index (χ1n) is 6.65. The van der Waals surface area contributed by atoms with Crippen LogP contribution in [0, 0.1) is 12.7 Å². The number of methoxy groups -OCH3 is 1. The maximum atomic E-state index is 14.1. The van der Waals surface area contributed by atoms with Crippen LogP contribution in [0.5, 0.6) is 5.75 Å². The van der Waals surface area contributed by atoms with Crippen LogP contribution in [-0.4, -0.2) is 12.2 Å². The molecule has 0 spiro atoms. The Morgan fingerprint density at radius 3 is 2.40 bits per heavy atom. The third-order valence-corrected chi connectivity index (χ3v) is 3.71. The van der Waals surface area contributed by atoms with Gasteiger partial charge in [-0.05, 0) is 42.7 Å². The molecule has 1 unspecified atom stereocenters. The molecule has 2 rings (SSSR count). The van der Waals surface area contributed by atoms with Gasteiger partial charge in [0, 0.05) is 5.56 Å². The molecule has 1 N–H and O–H groups in total. The van der Waals surface area contributed by atoms with E-state index >= 15 is 0 Å². The largest absolute Gasteiger partial charge is 0.497 e. The van der Waals surface area contributed by atoms with E-state index in [1.807, 2.05) is 19.9 Å². The minimum Gasteiger partial charge on any atom is -0.497 e. The minimum absolute atomic E-state index is 0.302. The number of hydrogen-bond acceptors (Lipinski definition) is 2. The summed E-state index contributed by atoms with van der Waals surface area (Å²) in [6.45, 7) is 3.73. The van der Waals surface area contributed by atoms with Crippen molar-refractivity contribution in [3.8, 4) is 5.75 Å². The van der Waals surface area contributed by atoms with Crippen LogP contribution in [0.3, 0.4) is 0 Å². The number of rotatable bonds is 4. The molecule has 2 aromatic carbocycles. The topological polar surface area (TPSA) is 29.5 Å². The predicted octanol–water partition coefficient (Wildman–Crippen LogP) is 3.79.